The lowest BCUT2D eigenvalue weighted by Crippen LogP contribution is -2.30. The third-order valence-corrected chi connectivity index (χ3v) is 9.19. The van der Waals surface area contributed by atoms with Crippen LogP contribution in [0, 0.1) is 29.6 Å². The Balaban J connectivity index is 1.24. The minimum atomic E-state index is -0.653. The van der Waals surface area contributed by atoms with Crippen molar-refractivity contribution in [3.63, 3.8) is 0 Å². The quantitative estimate of drug-likeness (QED) is 0.231. The molecule has 0 aliphatic heterocycles. The van der Waals surface area contributed by atoms with E-state index in [0.29, 0.717) is 18.3 Å². The molecule has 2 nitrogen and oxygen atoms in total. The molecule has 0 saturated heterocycles. The van der Waals surface area contributed by atoms with Gasteiger partial charge >= 0.3 is 5.97 Å². The zero-order chi connectivity index (χ0) is 23.6. The molecule has 0 heterocycles. The van der Waals surface area contributed by atoms with E-state index < -0.39 is 5.60 Å². The molecule has 2 saturated carbocycles. The van der Waals surface area contributed by atoms with Crippen LogP contribution in [0.3, 0.4) is 0 Å². The molecule has 5 unspecified atom stereocenters. The summed E-state index contributed by atoms with van der Waals surface area (Å²) in [7, 11) is 0. The van der Waals surface area contributed by atoms with Crippen molar-refractivity contribution in [3.8, 4) is 0 Å². The van der Waals surface area contributed by atoms with E-state index in [2.05, 4.69) is 80.6 Å². The van der Waals surface area contributed by atoms with Gasteiger partial charge in [-0.1, -0.05) is 50.2 Å². The fourth-order valence-electron chi connectivity index (χ4n) is 6.99. The van der Waals surface area contributed by atoms with Gasteiger partial charge in [0.1, 0.15) is 5.60 Å². The van der Waals surface area contributed by atoms with Crippen LogP contribution in [0.4, 0.5) is 0 Å². The Morgan fingerprint density at radius 1 is 0.794 bits per heavy atom. The van der Waals surface area contributed by atoms with Crippen LogP contribution in [-0.4, -0.2) is 5.97 Å². The summed E-state index contributed by atoms with van der Waals surface area (Å²) in [6, 6.07) is 24.0. The van der Waals surface area contributed by atoms with Gasteiger partial charge in [0.05, 0.1) is 0 Å². The minimum Gasteiger partial charge on any atom is -0.455 e. The van der Waals surface area contributed by atoms with Gasteiger partial charge in [-0.25, -0.2) is 0 Å². The van der Waals surface area contributed by atoms with Crippen molar-refractivity contribution in [1.29, 1.82) is 0 Å². The lowest BCUT2D eigenvalue weighted by molar-refractivity contribution is -0.159. The van der Waals surface area contributed by atoms with Crippen molar-refractivity contribution in [1.82, 2.24) is 0 Å². The number of fused-ring (bicyclic) bond motifs is 5. The number of ether oxygens (including phenoxy) is 1. The molecule has 5 atom stereocenters. The molecule has 4 aromatic carbocycles. The van der Waals surface area contributed by atoms with Gasteiger partial charge in [-0.2, -0.15) is 0 Å². The van der Waals surface area contributed by atoms with Crippen LogP contribution in [0.2, 0.25) is 0 Å². The maximum absolute atomic E-state index is 13.0. The molecule has 2 aliphatic carbocycles. The molecule has 6 rings (SSSR count). The van der Waals surface area contributed by atoms with Crippen LogP contribution >= 0.6 is 0 Å². The van der Waals surface area contributed by atoms with Crippen molar-refractivity contribution >= 4 is 38.3 Å². The van der Waals surface area contributed by atoms with Crippen LogP contribution in [0.1, 0.15) is 52.5 Å². The van der Waals surface area contributed by atoms with Gasteiger partial charge in [-0.3, -0.25) is 4.79 Å². The van der Waals surface area contributed by atoms with E-state index in [1.165, 1.54) is 45.2 Å². The van der Waals surface area contributed by atoms with Crippen LogP contribution in [0.15, 0.2) is 66.7 Å². The third kappa shape index (κ3) is 3.59. The maximum Gasteiger partial charge on any atom is 0.306 e. The first kappa shape index (κ1) is 21.6. The van der Waals surface area contributed by atoms with Gasteiger partial charge in [0.15, 0.2) is 0 Å². The summed E-state index contributed by atoms with van der Waals surface area (Å²) in [6.45, 7) is 8.80. The number of rotatable bonds is 4. The van der Waals surface area contributed by atoms with E-state index in [9.17, 15) is 4.79 Å². The van der Waals surface area contributed by atoms with Gasteiger partial charge in [0, 0.05) is 6.42 Å². The number of hydrogen-bond donors (Lipinski definition) is 0. The Hall–Kier alpha value is -2.87. The smallest absolute Gasteiger partial charge is 0.306 e. The summed E-state index contributed by atoms with van der Waals surface area (Å²) < 4.78 is 6.11. The Labute approximate surface area is 202 Å². The lowest BCUT2D eigenvalue weighted by atomic mass is 9.74. The number of benzene rings is 4. The van der Waals surface area contributed by atoms with Gasteiger partial charge in [-0.05, 0) is 124 Å². The lowest BCUT2D eigenvalue weighted by Gasteiger charge is -2.32. The number of hydrogen-bond acceptors (Lipinski definition) is 2. The van der Waals surface area contributed by atoms with Crippen LogP contribution in [0.5, 0.6) is 0 Å². The molecular formula is C32H34O2. The summed E-state index contributed by atoms with van der Waals surface area (Å²) in [5.74, 6) is 3.49. The highest BCUT2D eigenvalue weighted by molar-refractivity contribution is 6.04. The standard InChI is InChI=1S/C32H34O2/c1-19-20(2)30-17-24(19)14-28(30)18-31(33)34-32(3,4)29-10-9-23-13-25-11-21-7-5-6-8-22(21)12-26(25)15-27(23)16-29/h5-13,15-16,19-20,24,28,30H,14,17-18H2,1-4H3. The van der Waals surface area contributed by atoms with Crippen molar-refractivity contribution in [2.75, 3.05) is 0 Å². The highest BCUT2D eigenvalue weighted by Crippen LogP contribution is 2.56. The van der Waals surface area contributed by atoms with Crippen molar-refractivity contribution in [2.45, 2.75) is 52.6 Å². The van der Waals surface area contributed by atoms with E-state index in [1.54, 1.807) is 0 Å². The third-order valence-electron chi connectivity index (χ3n) is 9.19. The molecule has 0 aromatic heterocycles. The van der Waals surface area contributed by atoms with E-state index >= 15 is 0 Å². The van der Waals surface area contributed by atoms with Crippen molar-refractivity contribution in [3.05, 3.63) is 72.3 Å². The highest BCUT2D eigenvalue weighted by Gasteiger charge is 2.49. The monoisotopic (exact) mass is 450 g/mol. The molecule has 0 amide bonds. The SMILES string of the molecule is CC1C2CC(CC(=O)OC(C)(C)c3ccc4cc5cc6ccccc6cc5cc4c3)C(C2)C1C. The van der Waals surface area contributed by atoms with E-state index in [0.717, 1.165) is 23.3 Å². The van der Waals surface area contributed by atoms with Crippen LogP contribution in [-0.2, 0) is 15.1 Å². The van der Waals surface area contributed by atoms with Crippen molar-refractivity contribution in [2.24, 2.45) is 29.6 Å². The molecular weight excluding hydrogens is 416 g/mol. The summed E-state index contributed by atoms with van der Waals surface area (Å²) in [5.41, 5.74) is 0.392. The molecule has 0 radical (unpaired) electrons. The van der Waals surface area contributed by atoms with Crippen LogP contribution < -0.4 is 0 Å². The van der Waals surface area contributed by atoms with Gasteiger partial charge in [0.25, 0.3) is 0 Å². The summed E-state index contributed by atoms with van der Waals surface area (Å²) in [4.78, 5) is 13.0. The first-order chi connectivity index (χ1) is 16.3. The number of esters is 1. The molecule has 2 heteroatoms. The van der Waals surface area contributed by atoms with Gasteiger partial charge < -0.3 is 4.74 Å². The Bertz CT molecular complexity index is 1410. The highest BCUT2D eigenvalue weighted by atomic mass is 16.6. The Morgan fingerprint density at radius 3 is 2.00 bits per heavy atom. The first-order valence-corrected chi connectivity index (χ1v) is 12.9. The molecule has 0 N–H and O–H groups in total. The molecule has 2 fully saturated rings. The second-order valence-corrected chi connectivity index (χ2v) is 11.5. The zero-order valence-corrected chi connectivity index (χ0v) is 20.7. The molecule has 174 valence electrons. The average Bonchev–Trinajstić information content (AvgIpc) is 3.34. The zero-order valence-electron chi connectivity index (χ0n) is 20.7. The molecule has 2 bridgehead atoms. The summed E-state index contributed by atoms with van der Waals surface area (Å²) in [6.07, 6.45) is 3.06. The number of carbonyl (C=O) groups excluding carboxylic acids is 1. The normalized spacial score (nSPS) is 26.5. The predicted molar refractivity (Wildman–Crippen MR) is 141 cm³/mol. The second-order valence-electron chi connectivity index (χ2n) is 11.5. The Kier molecular flexibility index (Phi) is 4.99. The first-order valence-electron chi connectivity index (χ1n) is 12.9. The fraction of sp³-hybridized carbons (Fsp3) is 0.406. The fourth-order valence-corrected chi connectivity index (χ4v) is 6.99. The van der Waals surface area contributed by atoms with E-state index in [-0.39, 0.29) is 5.97 Å². The summed E-state index contributed by atoms with van der Waals surface area (Å²) >= 11 is 0. The molecule has 4 aromatic rings. The molecule has 2 aliphatic rings. The maximum atomic E-state index is 13.0. The summed E-state index contributed by atoms with van der Waals surface area (Å²) in [5, 5.41) is 7.39. The largest absolute Gasteiger partial charge is 0.455 e. The molecule has 34 heavy (non-hydrogen) atoms. The average molecular weight is 451 g/mol. The minimum absolute atomic E-state index is 0.0486. The predicted octanol–water partition coefficient (Wildman–Crippen LogP) is 8.24. The van der Waals surface area contributed by atoms with Crippen LogP contribution in [0.25, 0.3) is 32.3 Å². The van der Waals surface area contributed by atoms with E-state index in [1.807, 2.05) is 13.8 Å². The Morgan fingerprint density at radius 2 is 1.38 bits per heavy atom. The number of carbonyl (C=O) groups is 1. The van der Waals surface area contributed by atoms with Crippen molar-refractivity contribution < 1.29 is 9.53 Å². The van der Waals surface area contributed by atoms with Gasteiger partial charge in [-0.15, -0.1) is 0 Å². The van der Waals surface area contributed by atoms with E-state index in [4.69, 9.17) is 4.74 Å². The molecule has 0 spiro atoms. The topological polar surface area (TPSA) is 26.3 Å². The second kappa shape index (κ2) is 7.83. The van der Waals surface area contributed by atoms with Gasteiger partial charge in [0.2, 0.25) is 0 Å².